The van der Waals surface area contributed by atoms with Crippen LogP contribution < -0.4 is 16.6 Å². The number of aromatic amines is 1. The van der Waals surface area contributed by atoms with Gasteiger partial charge in [-0.25, -0.2) is 4.79 Å². The van der Waals surface area contributed by atoms with Crippen molar-refractivity contribution in [1.29, 1.82) is 0 Å². The number of aryl methyl sites for hydroxylation is 1. The number of H-pyrrole nitrogens is 1. The highest BCUT2D eigenvalue weighted by Crippen LogP contribution is 1.87. The minimum absolute atomic E-state index is 0.130. The monoisotopic (exact) mass is 269 g/mol. The number of aromatic nitrogens is 2. The van der Waals surface area contributed by atoms with Crippen molar-refractivity contribution in [3.05, 3.63) is 33.1 Å². The van der Waals surface area contributed by atoms with Crippen molar-refractivity contribution in [2.45, 2.75) is 26.3 Å². The number of carbonyl (C=O) groups excluding carboxylic acids is 1. The quantitative estimate of drug-likeness (QED) is 0.620. The average molecular weight is 269 g/mol. The van der Waals surface area contributed by atoms with Crippen LogP contribution in [-0.4, -0.2) is 35.2 Å². The molecule has 0 aliphatic heterocycles. The first-order valence-corrected chi connectivity index (χ1v) is 6.27. The molecule has 0 saturated carbocycles. The van der Waals surface area contributed by atoms with Crippen LogP contribution in [0.5, 0.6) is 0 Å². The van der Waals surface area contributed by atoms with E-state index in [4.69, 9.17) is 4.74 Å². The molecule has 106 valence electrons. The van der Waals surface area contributed by atoms with E-state index in [1.807, 2.05) is 6.92 Å². The van der Waals surface area contributed by atoms with E-state index < -0.39 is 11.2 Å². The summed E-state index contributed by atoms with van der Waals surface area (Å²) in [5, 5.41) is 2.74. The van der Waals surface area contributed by atoms with E-state index in [0.717, 1.165) is 6.42 Å². The van der Waals surface area contributed by atoms with Crippen LogP contribution in [-0.2, 0) is 16.1 Å². The van der Waals surface area contributed by atoms with Gasteiger partial charge in [-0.15, -0.1) is 0 Å². The molecule has 0 fully saturated rings. The van der Waals surface area contributed by atoms with E-state index in [0.29, 0.717) is 19.8 Å². The molecule has 0 spiro atoms. The molecule has 1 aromatic heterocycles. The number of ether oxygens (including phenoxy) is 1. The lowest BCUT2D eigenvalue weighted by atomic mass is 10.3. The molecule has 0 aromatic carbocycles. The van der Waals surface area contributed by atoms with Gasteiger partial charge in [0.2, 0.25) is 5.91 Å². The summed E-state index contributed by atoms with van der Waals surface area (Å²) in [4.78, 5) is 35.8. The van der Waals surface area contributed by atoms with Gasteiger partial charge in [-0.3, -0.25) is 14.6 Å². The fraction of sp³-hybridized carbons (Fsp3) is 0.583. The molecule has 7 heteroatoms. The second-order valence-electron chi connectivity index (χ2n) is 3.95. The summed E-state index contributed by atoms with van der Waals surface area (Å²) in [6.07, 6.45) is 2.34. The van der Waals surface area contributed by atoms with Crippen molar-refractivity contribution < 1.29 is 9.53 Å². The fourth-order valence-corrected chi connectivity index (χ4v) is 1.48. The molecular weight excluding hydrogens is 250 g/mol. The second kappa shape index (κ2) is 8.25. The van der Waals surface area contributed by atoms with E-state index in [2.05, 4.69) is 10.3 Å². The van der Waals surface area contributed by atoms with Crippen LogP contribution in [0.2, 0.25) is 0 Å². The third kappa shape index (κ3) is 6.01. The number of nitrogens with one attached hydrogen (secondary N) is 2. The van der Waals surface area contributed by atoms with Crippen molar-refractivity contribution in [3.8, 4) is 0 Å². The molecular formula is C12H19N3O4. The lowest BCUT2D eigenvalue weighted by Crippen LogP contribution is -2.31. The number of amides is 1. The molecule has 1 amide bonds. The summed E-state index contributed by atoms with van der Waals surface area (Å²) in [7, 11) is 0. The minimum atomic E-state index is -0.503. The molecule has 0 saturated heterocycles. The lowest BCUT2D eigenvalue weighted by Gasteiger charge is -2.06. The molecule has 7 nitrogen and oxygen atoms in total. The van der Waals surface area contributed by atoms with Crippen LogP contribution in [0.15, 0.2) is 21.9 Å². The number of carbonyl (C=O) groups is 1. The molecule has 0 bridgehead atoms. The van der Waals surface area contributed by atoms with Gasteiger partial charge in [0.1, 0.15) is 0 Å². The zero-order chi connectivity index (χ0) is 14.1. The van der Waals surface area contributed by atoms with E-state index in [1.165, 1.54) is 16.8 Å². The predicted octanol–water partition coefficient (Wildman–Crippen LogP) is -0.530. The van der Waals surface area contributed by atoms with Crippen LogP contribution >= 0.6 is 0 Å². The summed E-state index contributed by atoms with van der Waals surface area (Å²) in [5.41, 5.74) is -0.946. The Bertz CT molecular complexity index is 506. The second-order valence-corrected chi connectivity index (χ2v) is 3.95. The minimum Gasteiger partial charge on any atom is -0.382 e. The molecule has 1 heterocycles. The van der Waals surface area contributed by atoms with Gasteiger partial charge in [0.15, 0.2) is 0 Å². The van der Waals surface area contributed by atoms with E-state index in [-0.39, 0.29) is 18.9 Å². The maximum atomic E-state index is 11.5. The third-order valence-electron chi connectivity index (χ3n) is 2.47. The number of hydrogen-bond donors (Lipinski definition) is 2. The Labute approximate surface area is 110 Å². The summed E-state index contributed by atoms with van der Waals surface area (Å²) in [6.45, 7) is 4.01. The largest absolute Gasteiger partial charge is 0.382 e. The van der Waals surface area contributed by atoms with Gasteiger partial charge in [-0.05, 0) is 13.3 Å². The van der Waals surface area contributed by atoms with Crippen molar-refractivity contribution in [3.63, 3.8) is 0 Å². The number of nitrogens with zero attached hydrogens (tertiary/aromatic N) is 1. The standard InChI is InChI=1S/C12H19N3O4/c1-2-19-9-3-6-13-10(16)4-7-15-8-5-11(17)14-12(15)18/h5,8H,2-4,6-7,9H2,1H3,(H,13,16)(H,14,17,18). The number of rotatable bonds is 8. The first-order chi connectivity index (χ1) is 9.13. The van der Waals surface area contributed by atoms with Crippen LogP contribution in [0.25, 0.3) is 0 Å². The van der Waals surface area contributed by atoms with Gasteiger partial charge in [-0.2, -0.15) is 0 Å². The molecule has 0 aliphatic carbocycles. The summed E-state index contributed by atoms with van der Waals surface area (Å²) in [5.74, 6) is -0.130. The maximum absolute atomic E-state index is 11.5. The molecule has 1 aromatic rings. The van der Waals surface area contributed by atoms with Gasteiger partial charge in [-0.1, -0.05) is 0 Å². The fourth-order valence-electron chi connectivity index (χ4n) is 1.48. The van der Waals surface area contributed by atoms with E-state index >= 15 is 0 Å². The maximum Gasteiger partial charge on any atom is 0.328 e. The Balaban J connectivity index is 2.26. The topological polar surface area (TPSA) is 93.2 Å². The Morgan fingerprint density at radius 2 is 2.26 bits per heavy atom. The van der Waals surface area contributed by atoms with Gasteiger partial charge in [0, 0.05) is 45.0 Å². The zero-order valence-corrected chi connectivity index (χ0v) is 11.0. The normalized spacial score (nSPS) is 10.4. The molecule has 0 radical (unpaired) electrons. The molecule has 0 unspecified atom stereocenters. The Hall–Kier alpha value is -1.89. The van der Waals surface area contributed by atoms with Crippen LogP contribution in [0.3, 0.4) is 0 Å². The Kier molecular flexibility index (Phi) is 6.59. The lowest BCUT2D eigenvalue weighted by molar-refractivity contribution is -0.121. The van der Waals surface area contributed by atoms with Crippen LogP contribution in [0, 0.1) is 0 Å². The highest BCUT2D eigenvalue weighted by Gasteiger charge is 2.02. The summed E-state index contributed by atoms with van der Waals surface area (Å²) >= 11 is 0. The van der Waals surface area contributed by atoms with Crippen molar-refractivity contribution >= 4 is 5.91 Å². The first-order valence-electron chi connectivity index (χ1n) is 6.27. The SMILES string of the molecule is CCOCCCNC(=O)CCn1ccc(=O)[nH]c1=O. The zero-order valence-electron chi connectivity index (χ0n) is 11.0. The van der Waals surface area contributed by atoms with Crippen molar-refractivity contribution in [2.24, 2.45) is 0 Å². The smallest absolute Gasteiger partial charge is 0.328 e. The van der Waals surface area contributed by atoms with Crippen LogP contribution in [0.4, 0.5) is 0 Å². The molecule has 2 N–H and O–H groups in total. The molecule has 19 heavy (non-hydrogen) atoms. The Morgan fingerprint density at radius 3 is 2.95 bits per heavy atom. The van der Waals surface area contributed by atoms with Gasteiger partial charge < -0.3 is 14.6 Å². The molecule has 1 rings (SSSR count). The van der Waals surface area contributed by atoms with Gasteiger partial charge >= 0.3 is 5.69 Å². The van der Waals surface area contributed by atoms with Crippen molar-refractivity contribution in [1.82, 2.24) is 14.9 Å². The van der Waals surface area contributed by atoms with Crippen molar-refractivity contribution in [2.75, 3.05) is 19.8 Å². The number of hydrogen-bond acceptors (Lipinski definition) is 4. The van der Waals surface area contributed by atoms with Gasteiger partial charge in [0.05, 0.1) is 0 Å². The van der Waals surface area contributed by atoms with Crippen LogP contribution in [0.1, 0.15) is 19.8 Å². The Morgan fingerprint density at radius 1 is 1.47 bits per heavy atom. The highest BCUT2D eigenvalue weighted by atomic mass is 16.5. The van der Waals surface area contributed by atoms with E-state index in [9.17, 15) is 14.4 Å². The summed E-state index contributed by atoms with van der Waals surface area (Å²) in [6, 6.07) is 1.25. The highest BCUT2D eigenvalue weighted by molar-refractivity contribution is 5.75. The molecule has 0 aliphatic rings. The van der Waals surface area contributed by atoms with Gasteiger partial charge in [0.25, 0.3) is 5.56 Å². The third-order valence-corrected chi connectivity index (χ3v) is 2.47. The summed E-state index contributed by atoms with van der Waals surface area (Å²) < 4.78 is 6.43. The van der Waals surface area contributed by atoms with E-state index in [1.54, 1.807) is 0 Å². The predicted molar refractivity (Wildman–Crippen MR) is 70.1 cm³/mol. The average Bonchev–Trinajstić information content (AvgIpc) is 2.37. The first kappa shape index (κ1) is 15.2. The molecule has 0 atom stereocenters.